The van der Waals surface area contributed by atoms with Crippen molar-refractivity contribution in [2.24, 2.45) is 0 Å². The number of hydrogen-bond acceptors (Lipinski definition) is 5. The molecular weight excluding hydrogens is 346 g/mol. The monoisotopic (exact) mass is 375 g/mol. The van der Waals surface area contributed by atoms with Gasteiger partial charge in [0.05, 0.1) is 0 Å². The zero-order valence-electron chi connectivity index (χ0n) is 17.4. The average Bonchev–Trinajstić information content (AvgIpc) is 2.66. The minimum Gasteiger partial charge on any atom is -0.343 e. The van der Waals surface area contributed by atoms with Gasteiger partial charge in [0.2, 0.25) is 5.95 Å². The van der Waals surface area contributed by atoms with E-state index in [9.17, 15) is 0 Å². The molecule has 0 saturated carbocycles. The van der Waals surface area contributed by atoms with Crippen LogP contribution in [0.15, 0.2) is 54.9 Å². The van der Waals surface area contributed by atoms with Gasteiger partial charge in [0.1, 0.15) is 5.82 Å². The van der Waals surface area contributed by atoms with E-state index < -0.39 is 0 Å². The first-order valence-electron chi connectivity index (χ1n) is 9.64. The van der Waals surface area contributed by atoms with Gasteiger partial charge in [-0.15, -0.1) is 0 Å². The molecule has 0 fully saturated rings. The predicted octanol–water partition coefficient (Wildman–Crippen LogP) is 4.90. The standard InChI is InChI=1S/C23H29N5/c1-17-16-21(26-20-8-6-19(7-9-20)23(2,3)4)27-22(25-17)28(5)15-12-18-10-13-24-14-11-18/h6-11,13-14,16H,12,15H2,1-5H3,(H,25,26,27). The van der Waals surface area contributed by atoms with Gasteiger partial charge in [-0.3, -0.25) is 4.98 Å². The first kappa shape index (κ1) is 19.8. The Morgan fingerprint density at radius 2 is 1.64 bits per heavy atom. The third-order valence-corrected chi connectivity index (χ3v) is 4.69. The summed E-state index contributed by atoms with van der Waals surface area (Å²) in [7, 11) is 2.03. The summed E-state index contributed by atoms with van der Waals surface area (Å²) in [5.74, 6) is 1.53. The minimum absolute atomic E-state index is 0.148. The molecule has 3 aromatic rings. The molecule has 5 heteroatoms. The molecule has 146 valence electrons. The van der Waals surface area contributed by atoms with Crippen LogP contribution in [0.1, 0.15) is 37.6 Å². The van der Waals surface area contributed by atoms with Crippen molar-refractivity contribution in [3.8, 4) is 0 Å². The summed E-state index contributed by atoms with van der Waals surface area (Å²) in [4.78, 5) is 15.5. The second-order valence-electron chi connectivity index (χ2n) is 8.17. The molecule has 2 aromatic heterocycles. The van der Waals surface area contributed by atoms with Crippen LogP contribution in [0.5, 0.6) is 0 Å². The molecule has 0 bridgehead atoms. The minimum atomic E-state index is 0.148. The predicted molar refractivity (Wildman–Crippen MR) is 116 cm³/mol. The second kappa shape index (κ2) is 8.38. The van der Waals surface area contributed by atoms with Crippen molar-refractivity contribution in [3.63, 3.8) is 0 Å². The van der Waals surface area contributed by atoms with Crippen molar-refractivity contribution in [1.82, 2.24) is 15.0 Å². The Labute approximate surface area is 167 Å². The smallest absolute Gasteiger partial charge is 0.227 e. The molecule has 1 N–H and O–H groups in total. The molecule has 0 aliphatic rings. The highest BCUT2D eigenvalue weighted by Gasteiger charge is 2.13. The Kier molecular flexibility index (Phi) is 5.93. The fourth-order valence-electron chi connectivity index (χ4n) is 2.94. The van der Waals surface area contributed by atoms with Gasteiger partial charge in [-0.25, -0.2) is 4.98 Å². The number of aromatic nitrogens is 3. The lowest BCUT2D eigenvalue weighted by Crippen LogP contribution is -2.23. The van der Waals surface area contributed by atoms with E-state index in [-0.39, 0.29) is 5.41 Å². The van der Waals surface area contributed by atoms with Crippen molar-refractivity contribution >= 4 is 17.5 Å². The molecule has 0 spiro atoms. The van der Waals surface area contributed by atoms with Crippen LogP contribution in [-0.2, 0) is 11.8 Å². The Morgan fingerprint density at radius 3 is 2.29 bits per heavy atom. The zero-order valence-corrected chi connectivity index (χ0v) is 17.4. The summed E-state index contributed by atoms with van der Waals surface area (Å²) in [6.45, 7) is 9.49. The largest absolute Gasteiger partial charge is 0.343 e. The van der Waals surface area contributed by atoms with Crippen LogP contribution in [0.4, 0.5) is 17.5 Å². The summed E-state index contributed by atoms with van der Waals surface area (Å²) < 4.78 is 0. The second-order valence-corrected chi connectivity index (χ2v) is 8.17. The van der Waals surface area contributed by atoms with Gasteiger partial charge in [-0.2, -0.15) is 4.98 Å². The van der Waals surface area contributed by atoms with Crippen LogP contribution in [0.25, 0.3) is 0 Å². The van der Waals surface area contributed by atoms with Crippen LogP contribution < -0.4 is 10.2 Å². The van der Waals surface area contributed by atoms with E-state index in [0.29, 0.717) is 0 Å². The number of nitrogens with zero attached hydrogens (tertiary/aromatic N) is 4. The Morgan fingerprint density at radius 1 is 0.964 bits per heavy atom. The normalized spacial score (nSPS) is 11.3. The lowest BCUT2D eigenvalue weighted by molar-refractivity contribution is 0.590. The quantitative estimate of drug-likeness (QED) is 0.664. The molecule has 5 nitrogen and oxygen atoms in total. The maximum absolute atomic E-state index is 4.70. The van der Waals surface area contributed by atoms with E-state index >= 15 is 0 Å². The average molecular weight is 376 g/mol. The number of pyridine rings is 1. The first-order chi connectivity index (χ1) is 13.3. The summed E-state index contributed by atoms with van der Waals surface area (Å²) in [6.07, 6.45) is 4.57. The van der Waals surface area contributed by atoms with Crippen LogP contribution in [-0.4, -0.2) is 28.5 Å². The van der Waals surface area contributed by atoms with Crippen LogP contribution >= 0.6 is 0 Å². The number of hydrogen-bond donors (Lipinski definition) is 1. The molecule has 0 radical (unpaired) electrons. The highest BCUT2D eigenvalue weighted by molar-refractivity contribution is 5.58. The van der Waals surface area contributed by atoms with E-state index in [1.165, 1.54) is 11.1 Å². The molecule has 0 aliphatic heterocycles. The Balaban J connectivity index is 1.70. The third-order valence-electron chi connectivity index (χ3n) is 4.69. The van der Waals surface area contributed by atoms with Crippen molar-refractivity contribution in [3.05, 3.63) is 71.7 Å². The maximum atomic E-state index is 4.70. The Hall–Kier alpha value is -2.95. The number of nitrogens with one attached hydrogen (secondary N) is 1. The van der Waals surface area contributed by atoms with Crippen LogP contribution in [0.3, 0.4) is 0 Å². The number of likely N-dealkylation sites (N-methyl/N-ethyl adjacent to an activating group) is 1. The molecule has 0 saturated heterocycles. The molecule has 0 aliphatic carbocycles. The number of anilines is 3. The summed E-state index contributed by atoms with van der Waals surface area (Å²) in [5.41, 5.74) is 4.68. The van der Waals surface area contributed by atoms with Gasteiger partial charge >= 0.3 is 0 Å². The van der Waals surface area contributed by atoms with Crippen LogP contribution in [0.2, 0.25) is 0 Å². The molecule has 0 unspecified atom stereocenters. The maximum Gasteiger partial charge on any atom is 0.227 e. The van der Waals surface area contributed by atoms with E-state index in [0.717, 1.165) is 36.1 Å². The van der Waals surface area contributed by atoms with E-state index in [1.54, 1.807) is 0 Å². The molecule has 3 rings (SSSR count). The fraction of sp³-hybridized carbons (Fsp3) is 0.348. The summed E-state index contributed by atoms with van der Waals surface area (Å²) in [5, 5.41) is 3.41. The highest BCUT2D eigenvalue weighted by atomic mass is 15.2. The molecule has 2 heterocycles. The zero-order chi connectivity index (χ0) is 20.1. The fourth-order valence-corrected chi connectivity index (χ4v) is 2.94. The van der Waals surface area contributed by atoms with E-state index in [4.69, 9.17) is 4.98 Å². The van der Waals surface area contributed by atoms with E-state index in [1.807, 2.05) is 44.6 Å². The summed E-state index contributed by atoms with van der Waals surface area (Å²) in [6, 6.07) is 14.6. The topological polar surface area (TPSA) is 53.9 Å². The van der Waals surface area contributed by atoms with Gasteiger partial charge in [-0.05, 0) is 54.2 Å². The SMILES string of the molecule is Cc1cc(Nc2ccc(C(C)(C)C)cc2)nc(N(C)CCc2ccncc2)n1. The first-order valence-corrected chi connectivity index (χ1v) is 9.64. The van der Waals surface area contributed by atoms with Crippen molar-refractivity contribution < 1.29 is 0 Å². The van der Waals surface area contributed by atoms with Crippen LogP contribution in [0, 0.1) is 6.92 Å². The van der Waals surface area contributed by atoms with E-state index in [2.05, 4.69) is 65.2 Å². The third kappa shape index (κ3) is 5.28. The lowest BCUT2D eigenvalue weighted by Gasteiger charge is -2.20. The number of rotatable bonds is 6. The van der Waals surface area contributed by atoms with Gasteiger partial charge in [0, 0.05) is 43.4 Å². The number of benzene rings is 1. The molecule has 28 heavy (non-hydrogen) atoms. The highest BCUT2D eigenvalue weighted by Crippen LogP contribution is 2.25. The van der Waals surface area contributed by atoms with Gasteiger partial charge in [-0.1, -0.05) is 32.9 Å². The van der Waals surface area contributed by atoms with Crippen molar-refractivity contribution in [2.75, 3.05) is 23.8 Å². The number of aryl methyl sites for hydroxylation is 1. The molecule has 0 amide bonds. The van der Waals surface area contributed by atoms with Crippen molar-refractivity contribution in [1.29, 1.82) is 0 Å². The lowest BCUT2D eigenvalue weighted by atomic mass is 9.87. The summed E-state index contributed by atoms with van der Waals surface area (Å²) >= 11 is 0. The van der Waals surface area contributed by atoms with Gasteiger partial charge < -0.3 is 10.2 Å². The Bertz CT molecular complexity index is 899. The van der Waals surface area contributed by atoms with Gasteiger partial charge in [0.25, 0.3) is 0 Å². The molecular formula is C23H29N5. The molecule has 1 aromatic carbocycles. The van der Waals surface area contributed by atoms with Gasteiger partial charge in [0.15, 0.2) is 0 Å². The van der Waals surface area contributed by atoms with Crippen molar-refractivity contribution in [2.45, 2.75) is 39.5 Å². The molecule has 0 atom stereocenters.